The molecule has 0 aliphatic rings. The Labute approximate surface area is 320 Å². The van der Waals surface area contributed by atoms with Crippen LogP contribution in [0.4, 0.5) is 0 Å². The van der Waals surface area contributed by atoms with Crippen molar-refractivity contribution < 1.29 is 15.0 Å². The number of allylic oxidation sites excluding steroid dienone is 2. The van der Waals surface area contributed by atoms with E-state index in [9.17, 15) is 15.0 Å². The number of hydrogen-bond acceptors (Lipinski definition) is 3. The molecule has 51 heavy (non-hydrogen) atoms. The number of amides is 1. The molecule has 4 nitrogen and oxygen atoms in total. The molecule has 0 spiro atoms. The Kier molecular flexibility index (Phi) is 42.8. The Morgan fingerprint density at radius 3 is 1.08 bits per heavy atom. The lowest BCUT2D eigenvalue weighted by molar-refractivity contribution is -0.123. The van der Waals surface area contributed by atoms with E-state index >= 15 is 0 Å². The Balaban J connectivity index is 3.47. The van der Waals surface area contributed by atoms with Gasteiger partial charge in [0.25, 0.3) is 0 Å². The van der Waals surface area contributed by atoms with Gasteiger partial charge in [0.2, 0.25) is 5.91 Å². The SMILES string of the molecule is CCCCCCCC/C=C\CCCCCCCCCC(=O)NC(CO)C(O)CCCCCCCCCCCCCCCCCCCCCCCC. The summed E-state index contributed by atoms with van der Waals surface area (Å²) in [5, 5.41) is 23.2. The molecule has 3 N–H and O–H groups in total. The average molecular weight is 720 g/mol. The Bertz CT molecular complexity index is 695. The highest BCUT2D eigenvalue weighted by atomic mass is 16.3. The summed E-state index contributed by atoms with van der Waals surface area (Å²) in [6, 6.07) is -0.535. The Morgan fingerprint density at radius 2 is 0.745 bits per heavy atom. The fraction of sp³-hybridized carbons (Fsp3) is 0.936. The van der Waals surface area contributed by atoms with E-state index in [0.717, 1.165) is 25.7 Å². The van der Waals surface area contributed by atoms with Crippen LogP contribution in [0.5, 0.6) is 0 Å². The molecule has 0 radical (unpaired) electrons. The van der Waals surface area contributed by atoms with Crippen LogP contribution >= 0.6 is 0 Å². The highest BCUT2D eigenvalue weighted by Crippen LogP contribution is 2.17. The van der Waals surface area contributed by atoms with Crippen LogP contribution in [-0.4, -0.2) is 34.9 Å². The van der Waals surface area contributed by atoms with Gasteiger partial charge in [0, 0.05) is 6.42 Å². The molecule has 0 rings (SSSR count). The van der Waals surface area contributed by atoms with Gasteiger partial charge in [-0.2, -0.15) is 0 Å². The maximum atomic E-state index is 12.4. The summed E-state index contributed by atoms with van der Waals surface area (Å²) < 4.78 is 0. The number of aliphatic hydroxyl groups excluding tert-OH is 2. The van der Waals surface area contributed by atoms with Crippen LogP contribution in [0.25, 0.3) is 0 Å². The first kappa shape index (κ1) is 50.1. The molecule has 0 bridgehead atoms. The maximum absolute atomic E-state index is 12.4. The lowest BCUT2D eigenvalue weighted by atomic mass is 10.0. The normalized spacial score (nSPS) is 12.9. The minimum absolute atomic E-state index is 0.0325. The number of carbonyl (C=O) groups is 1. The van der Waals surface area contributed by atoms with Crippen molar-refractivity contribution >= 4 is 5.91 Å². The molecule has 1 amide bonds. The fourth-order valence-corrected chi connectivity index (χ4v) is 7.42. The van der Waals surface area contributed by atoms with Crippen LogP contribution in [0.15, 0.2) is 12.2 Å². The van der Waals surface area contributed by atoms with E-state index in [-0.39, 0.29) is 12.5 Å². The minimum Gasteiger partial charge on any atom is -0.394 e. The summed E-state index contributed by atoms with van der Waals surface area (Å²) in [5.41, 5.74) is 0. The van der Waals surface area contributed by atoms with Gasteiger partial charge in [-0.3, -0.25) is 4.79 Å². The monoisotopic (exact) mass is 720 g/mol. The smallest absolute Gasteiger partial charge is 0.220 e. The van der Waals surface area contributed by atoms with E-state index in [4.69, 9.17) is 0 Å². The van der Waals surface area contributed by atoms with Crippen LogP contribution in [0.3, 0.4) is 0 Å². The number of carbonyl (C=O) groups excluding carboxylic acids is 1. The maximum Gasteiger partial charge on any atom is 0.220 e. The van der Waals surface area contributed by atoms with Crippen LogP contribution in [0.2, 0.25) is 0 Å². The summed E-state index contributed by atoms with van der Waals surface area (Å²) in [4.78, 5) is 12.4. The number of hydrogen-bond donors (Lipinski definition) is 3. The molecule has 0 aromatic carbocycles. The van der Waals surface area contributed by atoms with Gasteiger partial charge in [-0.15, -0.1) is 0 Å². The first-order chi connectivity index (χ1) is 25.2. The van der Waals surface area contributed by atoms with Gasteiger partial charge in [-0.1, -0.05) is 231 Å². The first-order valence-corrected chi connectivity index (χ1v) is 23.4. The van der Waals surface area contributed by atoms with E-state index in [1.807, 2.05) is 0 Å². The number of unbranched alkanes of at least 4 members (excludes halogenated alkanes) is 34. The second-order valence-corrected chi connectivity index (χ2v) is 16.2. The molecular weight excluding hydrogens is 627 g/mol. The predicted octanol–water partition coefficient (Wildman–Crippen LogP) is 14.6. The van der Waals surface area contributed by atoms with E-state index in [1.54, 1.807) is 0 Å². The second-order valence-electron chi connectivity index (χ2n) is 16.2. The lowest BCUT2D eigenvalue weighted by Gasteiger charge is -2.22. The van der Waals surface area contributed by atoms with Gasteiger partial charge < -0.3 is 15.5 Å². The number of aliphatic hydroxyl groups is 2. The van der Waals surface area contributed by atoms with Crippen LogP contribution in [0, 0.1) is 0 Å². The predicted molar refractivity (Wildman–Crippen MR) is 226 cm³/mol. The average Bonchev–Trinajstić information content (AvgIpc) is 3.13. The molecule has 4 heteroatoms. The largest absolute Gasteiger partial charge is 0.394 e. The molecule has 2 atom stereocenters. The first-order valence-electron chi connectivity index (χ1n) is 23.4. The molecule has 0 heterocycles. The van der Waals surface area contributed by atoms with Crippen molar-refractivity contribution in [3.63, 3.8) is 0 Å². The van der Waals surface area contributed by atoms with Crippen molar-refractivity contribution in [3.8, 4) is 0 Å². The zero-order valence-corrected chi connectivity index (χ0v) is 34.9. The molecule has 2 unspecified atom stereocenters. The molecule has 0 fully saturated rings. The van der Waals surface area contributed by atoms with Gasteiger partial charge in [0.05, 0.1) is 18.8 Å². The van der Waals surface area contributed by atoms with Gasteiger partial charge in [0.15, 0.2) is 0 Å². The molecule has 0 saturated carbocycles. The van der Waals surface area contributed by atoms with Crippen molar-refractivity contribution in [3.05, 3.63) is 12.2 Å². The quantitative estimate of drug-likeness (QED) is 0.0434. The van der Waals surface area contributed by atoms with Crippen molar-refractivity contribution in [1.29, 1.82) is 0 Å². The standard InChI is InChI=1S/C47H93NO3/c1-3-5-7-9-11-13-15-17-19-21-22-23-24-25-27-28-30-32-34-36-38-40-42-46(50)45(44-49)48-47(51)43-41-39-37-35-33-31-29-26-20-18-16-14-12-10-8-6-4-2/h18,20,45-46,49-50H,3-17,19,21-44H2,1-2H3,(H,48,51)/b20-18-. The molecular formula is C47H93NO3. The van der Waals surface area contributed by atoms with Gasteiger partial charge in [-0.05, 0) is 38.5 Å². The van der Waals surface area contributed by atoms with Gasteiger partial charge in [-0.25, -0.2) is 0 Å². The number of nitrogens with one attached hydrogen (secondary N) is 1. The molecule has 0 aromatic heterocycles. The molecule has 0 aromatic rings. The third kappa shape index (κ3) is 40.2. The van der Waals surface area contributed by atoms with Crippen LogP contribution < -0.4 is 5.32 Å². The van der Waals surface area contributed by atoms with Crippen molar-refractivity contribution in [2.24, 2.45) is 0 Å². The highest BCUT2D eigenvalue weighted by Gasteiger charge is 2.20. The van der Waals surface area contributed by atoms with E-state index in [0.29, 0.717) is 12.8 Å². The van der Waals surface area contributed by atoms with Crippen LogP contribution in [0.1, 0.15) is 264 Å². The van der Waals surface area contributed by atoms with Crippen molar-refractivity contribution in [2.75, 3.05) is 6.61 Å². The number of rotatable bonds is 43. The molecule has 0 aliphatic carbocycles. The summed E-state index contributed by atoms with van der Waals surface area (Å²) >= 11 is 0. The van der Waals surface area contributed by atoms with Crippen LogP contribution in [-0.2, 0) is 4.79 Å². The summed E-state index contributed by atoms with van der Waals surface area (Å²) in [6.07, 6.45) is 54.4. The lowest BCUT2D eigenvalue weighted by Crippen LogP contribution is -2.45. The third-order valence-corrected chi connectivity index (χ3v) is 11.0. The summed E-state index contributed by atoms with van der Waals surface area (Å²) in [7, 11) is 0. The fourth-order valence-electron chi connectivity index (χ4n) is 7.42. The van der Waals surface area contributed by atoms with Gasteiger partial charge >= 0.3 is 0 Å². The van der Waals surface area contributed by atoms with Crippen molar-refractivity contribution in [2.45, 2.75) is 276 Å². The highest BCUT2D eigenvalue weighted by molar-refractivity contribution is 5.76. The zero-order valence-electron chi connectivity index (χ0n) is 34.9. The topological polar surface area (TPSA) is 69.6 Å². The van der Waals surface area contributed by atoms with E-state index in [1.165, 1.54) is 212 Å². The molecule has 0 aliphatic heterocycles. The second kappa shape index (κ2) is 43.5. The van der Waals surface area contributed by atoms with Gasteiger partial charge in [0.1, 0.15) is 0 Å². The van der Waals surface area contributed by atoms with E-state index < -0.39 is 12.1 Å². The Morgan fingerprint density at radius 1 is 0.451 bits per heavy atom. The Hall–Kier alpha value is -0.870. The summed E-state index contributed by atoms with van der Waals surface area (Å²) in [5.74, 6) is -0.0325. The minimum atomic E-state index is -0.658. The molecule has 304 valence electrons. The van der Waals surface area contributed by atoms with E-state index in [2.05, 4.69) is 31.3 Å². The molecule has 0 saturated heterocycles. The van der Waals surface area contributed by atoms with Crippen molar-refractivity contribution in [1.82, 2.24) is 5.32 Å². The summed E-state index contributed by atoms with van der Waals surface area (Å²) in [6.45, 7) is 4.37. The third-order valence-electron chi connectivity index (χ3n) is 11.0. The zero-order chi connectivity index (χ0) is 37.1.